The van der Waals surface area contributed by atoms with Crippen LogP contribution >= 0.6 is 0 Å². The van der Waals surface area contributed by atoms with E-state index in [1.54, 1.807) is 5.46 Å². The molecule has 2 heteroatoms. The highest BCUT2D eigenvalue weighted by atomic mass is 14.9. The smallest absolute Gasteiger partial charge is 0.185 e. The molecule has 0 spiro atoms. The Morgan fingerprint density at radius 3 is 2.13 bits per heavy atom. The summed E-state index contributed by atoms with van der Waals surface area (Å²) < 4.78 is 2.43. The minimum atomic E-state index is 0.774. The highest BCUT2D eigenvalue weighted by Gasteiger charge is 2.47. The second kappa shape index (κ2) is 5.02. The van der Waals surface area contributed by atoms with Crippen LogP contribution in [0.4, 0.5) is 0 Å². The van der Waals surface area contributed by atoms with Gasteiger partial charge in [0.2, 0.25) is 0 Å². The molecule has 3 heterocycles. The van der Waals surface area contributed by atoms with Crippen LogP contribution in [0.5, 0.6) is 0 Å². The van der Waals surface area contributed by atoms with Crippen LogP contribution in [0, 0.1) is 0 Å². The monoisotopic (exact) mass is 299 g/mol. The van der Waals surface area contributed by atoms with E-state index >= 15 is 0 Å². The second-order valence-corrected chi connectivity index (χ2v) is 7.41. The summed E-state index contributed by atoms with van der Waals surface area (Å²) in [4.78, 5) is 0. The summed E-state index contributed by atoms with van der Waals surface area (Å²) in [6, 6.07) is 20.0. The molecule has 0 aliphatic carbocycles. The van der Waals surface area contributed by atoms with Crippen molar-refractivity contribution in [3.05, 3.63) is 54.6 Å². The molecule has 0 unspecified atom stereocenters. The van der Waals surface area contributed by atoms with Crippen molar-refractivity contribution in [2.45, 2.75) is 37.3 Å². The number of nitrogens with zero attached hydrogens (tertiary/aromatic N) is 1. The van der Waals surface area contributed by atoms with Gasteiger partial charge in [0.05, 0.1) is 0 Å². The Morgan fingerprint density at radius 1 is 0.826 bits per heavy atom. The summed E-state index contributed by atoms with van der Waals surface area (Å²) in [5, 5.41) is 1.48. The molecule has 0 radical (unpaired) electrons. The summed E-state index contributed by atoms with van der Waals surface area (Å²) in [6.07, 6.45) is 5.75. The molecular weight excluding hydrogens is 277 g/mol. The minimum Gasteiger partial charge on any atom is -0.344 e. The summed E-state index contributed by atoms with van der Waals surface area (Å²) in [6.45, 7) is 0.774. The van der Waals surface area contributed by atoms with E-state index in [9.17, 15) is 0 Å². The molecule has 5 rings (SSSR count). The van der Waals surface area contributed by atoms with Crippen LogP contribution in [0.15, 0.2) is 54.6 Å². The normalized spacial score (nSPS) is 23.1. The maximum atomic E-state index is 2.43. The van der Waals surface area contributed by atoms with Crippen molar-refractivity contribution in [1.82, 2.24) is 4.57 Å². The van der Waals surface area contributed by atoms with E-state index in [1.807, 2.05) is 0 Å². The molecule has 114 valence electrons. The van der Waals surface area contributed by atoms with Crippen LogP contribution in [0.3, 0.4) is 0 Å². The van der Waals surface area contributed by atoms with Gasteiger partial charge in [-0.3, -0.25) is 0 Å². The van der Waals surface area contributed by atoms with Gasteiger partial charge in [0.1, 0.15) is 0 Å². The van der Waals surface area contributed by atoms with Crippen LogP contribution in [-0.2, 0) is 7.05 Å². The van der Waals surface area contributed by atoms with E-state index in [0.717, 1.165) is 18.3 Å². The number of hydrogen-bond donors (Lipinski definition) is 0. The Morgan fingerprint density at radius 2 is 1.43 bits per heavy atom. The number of fused-ring (bicyclic) bond motifs is 3. The lowest BCUT2D eigenvalue weighted by atomic mass is 9.36. The van der Waals surface area contributed by atoms with E-state index in [1.165, 1.54) is 47.8 Å². The predicted molar refractivity (Wildman–Crippen MR) is 99.7 cm³/mol. The van der Waals surface area contributed by atoms with Crippen LogP contribution < -0.4 is 5.46 Å². The molecule has 2 aliphatic heterocycles. The number of benzene rings is 2. The molecule has 2 bridgehead atoms. The van der Waals surface area contributed by atoms with Crippen molar-refractivity contribution in [2.24, 2.45) is 7.05 Å². The van der Waals surface area contributed by atoms with Gasteiger partial charge in [-0.25, -0.2) is 0 Å². The van der Waals surface area contributed by atoms with Crippen molar-refractivity contribution >= 4 is 23.1 Å². The zero-order chi connectivity index (χ0) is 15.4. The maximum absolute atomic E-state index is 2.43. The highest BCUT2D eigenvalue weighted by molar-refractivity contribution is 6.80. The molecule has 1 aromatic heterocycles. The lowest BCUT2D eigenvalue weighted by Gasteiger charge is -2.15. The minimum absolute atomic E-state index is 0.774. The largest absolute Gasteiger partial charge is 0.344 e. The fourth-order valence-electron chi connectivity index (χ4n) is 5.42. The van der Waals surface area contributed by atoms with Crippen LogP contribution in [-0.4, -0.2) is 11.3 Å². The first-order chi connectivity index (χ1) is 11.3. The summed E-state index contributed by atoms with van der Waals surface area (Å²) in [7, 11) is 2.24. The van der Waals surface area contributed by atoms with Crippen molar-refractivity contribution in [3.63, 3.8) is 0 Å². The van der Waals surface area contributed by atoms with Gasteiger partial charge in [-0.1, -0.05) is 85.8 Å². The molecule has 2 fully saturated rings. The third-order valence-electron chi connectivity index (χ3n) is 6.36. The van der Waals surface area contributed by atoms with E-state index in [4.69, 9.17) is 0 Å². The summed E-state index contributed by atoms with van der Waals surface area (Å²) >= 11 is 0. The van der Waals surface area contributed by atoms with Gasteiger partial charge >= 0.3 is 0 Å². The first kappa shape index (κ1) is 13.5. The van der Waals surface area contributed by atoms with E-state index in [-0.39, 0.29) is 0 Å². The van der Waals surface area contributed by atoms with Crippen LogP contribution in [0.25, 0.3) is 22.2 Å². The topological polar surface area (TPSA) is 4.93 Å². The lowest BCUT2D eigenvalue weighted by molar-refractivity contribution is 0.565. The molecule has 2 aliphatic rings. The first-order valence-electron chi connectivity index (χ1n) is 8.97. The number of hydrogen-bond acceptors (Lipinski definition) is 0. The Hall–Kier alpha value is -1.96. The predicted octanol–water partition coefficient (Wildman–Crippen LogP) is 4.88. The lowest BCUT2D eigenvalue weighted by Crippen LogP contribution is -2.32. The maximum Gasteiger partial charge on any atom is 0.185 e. The van der Waals surface area contributed by atoms with Crippen molar-refractivity contribution in [1.29, 1.82) is 0 Å². The second-order valence-electron chi connectivity index (χ2n) is 7.41. The quantitative estimate of drug-likeness (QED) is 0.595. The van der Waals surface area contributed by atoms with Gasteiger partial charge in [0.15, 0.2) is 6.71 Å². The molecule has 3 aromatic rings. The fourth-order valence-corrected chi connectivity index (χ4v) is 5.42. The zero-order valence-electron chi connectivity index (χ0n) is 13.7. The first-order valence-corrected chi connectivity index (χ1v) is 8.97. The average Bonchev–Trinajstić information content (AvgIpc) is 3.27. The van der Waals surface area contributed by atoms with Crippen molar-refractivity contribution in [3.8, 4) is 11.3 Å². The number of rotatable bonds is 2. The van der Waals surface area contributed by atoms with Crippen molar-refractivity contribution < 1.29 is 0 Å². The highest BCUT2D eigenvalue weighted by Crippen LogP contribution is 2.52. The Bertz CT molecular complexity index is 844. The molecular formula is C21H22BN. The van der Waals surface area contributed by atoms with Gasteiger partial charge in [0.25, 0.3) is 0 Å². The summed E-state index contributed by atoms with van der Waals surface area (Å²) in [5.74, 6) is 1.82. The van der Waals surface area contributed by atoms with Gasteiger partial charge in [-0.05, 0) is 22.5 Å². The Labute approximate surface area is 138 Å². The molecule has 0 N–H and O–H groups in total. The molecule has 1 nitrogen and oxygen atoms in total. The standard InChI is InChI=1S/C21H22BN/c1-23-19-10-6-5-9-18(19)20(21(23)15-7-3-2-4-8-15)22-16-11-12-17(22)14-13-16/h2-10,16-17H,11-14H2,1H3. The van der Waals surface area contributed by atoms with Crippen LogP contribution in [0.2, 0.25) is 11.6 Å². The average molecular weight is 299 g/mol. The molecule has 0 saturated carbocycles. The Balaban J connectivity index is 1.83. The van der Waals surface area contributed by atoms with Gasteiger partial charge < -0.3 is 4.57 Å². The molecule has 23 heavy (non-hydrogen) atoms. The molecule has 0 amide bonds. The van der Waals surface area contributed by atoms with E-state index in [0.29, 0.717) is 0 Å². The van der Waals surface area contributed by atoms with Gasteiger partial charge in [-0.2, -0.15) is 0 Å². The number of aryl methyl sites for hydroxylation is 1. The Kier molecular flexibility index (Phi) is 2.94. The van der Waals surface area contributed by atoms with Crippen molar-refractivity contribution in [2.75, 3.05) is 0 Å². The van der Waals surface area contributed by atoms with Gasteiger partial charge in [-0.15, -0.1) is 0 Å². The number of aromatic nitrogens is 1. The van der Waals surface area contributed by atoms with Crippen LogP contribution in [0.1, 0.15) is 25.7 Å². The van der Waals surface area contributed by atoms with E-state index < -0.39 is 0 Å². The molecule has 2 aromatic carbocycles. The summed E-state index contributed by atoms with van der Waals surface area (Å²) in [5.41, 5.74) is 5.84. The zero-order valence-corrected chi connectivity index (χ0v) is 13.7. The van der Waals surface area contributed by atoms with E-state index in [2.05, 4.69) is 66.2 Å². The van der Waals surface area contributed by atoms with Gasteiger partial charge in [0, 0.05) is 18.3 Å². The third kappa shape index (κ3) is 1.87. The molecule has 2 saturated heterocycles. The molecule has 0 atom stereocenters. The third-order valence-corrected chi connectivity index (χ3v) is 6.36. The SMILES string of the molecule is Cn1c(-c2ccccc2)c(B2C3CCC2CC3)c2ccccc21. The fraction of sp³-hybridized carbons (Fsp3) is 0.333. The number of para-hydroxylation sites is 1.